The van der Waals surface area contributed by atoms with Crippen molar-refractivity contribution >= 4 is 5.69 Å². The quantitative estimate of drug-likeness (QED) is 0.741. The molecule has 3 aromatic rings. The highest BCUT2D eigenvalue weighted by atomic mass is 16.4. The van der Waals surface area contributed by atoms with Crippen LogP contribution in [0.4, 0.5) is 5.69 Å². The maximum absolute atomic E-state index is 8.92. The third kappa shape index (κ3) is 2.70. The number of furan rings is 1. The molecule has 0 radical (unpaired) electrons. The standard InChI is InChI=1S/C14H14N4O2/c19-10-13-4-3-12(20-13)9-15-11-2-5-14(16-8-11)18-7-1-6-17-18/h1-8,15,19H,9-10H2. The molecule has 3 rings (SSSR count). The minimum absolute atomic E-state index is 0.0832. The maximum atomic E-state index is 8.92. The Kier molecular flexibility index (Phi) is 3.47. The van der Waals surface area contributed by atoms with Crippen LogP contribution in [0.15, 0.2) is 53.3 Å². The van der Waals surface area contributed by atoms with Crippen LogP contribution in [0.2, 0.25) is 0 Å². The smallest absolute Gasteiger partial charge is 0.153 e. The average molecular weight is 270 g/mol. The van der Waals surface area contributed by atoms with Gasteiger partial charge >= 0.3 is 0 Å². The van der Waals surface area contributed by atoms with Crippen molar-refractivity contribution in [3.8, 4) is 5.82 Å². The minimum atomic E-state index is -0.0832. The van der Waals surface area contributed by atoms with E-state index in [4.69, 9.17) is 9.52 Å². The lowest BCUT2D eigenvalue weighted by atomic mass is 10.3. The van der Waals surface area contributed by atoms with Crippen molar-refractivity contribution in [2.24, 2.45) is 0 Å². The van der Waals surface area contributed by atoms with Crippen LogP contribution in [0.5, 0.6) is 0 Å². The summed E-state index contributed by atoms with van der Waals surface area (Å²) in [5.41, 5.74) is 0.892. The van der Waals surface area contributed by atoms with Crippen LogP contribution in [-0.2, 0) is 13.2 Å². The number of nitrogens with zero attached hydrogens (tertiary/aromatic N) is 3. The number of rotatable bonds is 5. The fraction of sp³-hybridized carbons (Fsp3) is 0.143. The van der Waals surface area contributed by atoms with Gasteiger partial charge in [-0.15, -0.1) is 0 Å². The number of aromatic nitrogens is 3. The summed E-state index contributed by atoms with van der Waals surface area (Å²) in [6.45, 7) is 0.461. The second kappa shape index (κ2) is 5.58. The first-order valence-electron chi connectivity index (χ1n) is 6.23. The predicted octanol–water partition coefficient (Wildman–Crippen LogP) is 1.96. The minimum Gasteiger partial charge on any atom is -0.462 e. The van der Waals surface area contributed by atoms with Crippen LogP contribution >= 0.6 is 0 Å². The van der Waals surface area contributed by atoms with E-state index in [-0.39, 0.29) is 6.61 Å². The number of hydrogen-bond acceptors (Lipinski definition) is 5. The first-order valence-corrected chi connectivity index (χ1v) is 6.23. The summed E-state index contributed by atoms with van der Waals surface area (Å²) in [7, 11) is 0. The summed E-state index contributed by atoms with van der Waals surface area (Å²) in [4.78, 5) is 4.32. The lowest BCUT2D eigenvalue weighted by Crippen LogP contribution is -2.01. The van der Waals surface area contributed by atoms with E-state index in [1.807, 2.05) is 30.5 Å². The third-order valence-corrected chi connectivity index (χ3v) is 2.83. The molecular weight excluding hydrogens is 256 g/mol. The van der Waals surface area contributed by atoms with Gasteiger partial charge in [-0.25, -0.2) is 9.67 Å². The highest BCUT2D eigenvalue weighted by Gasteiger charge is 2.02. The molecule has 0 aromatic carbocycles. The number of aliphatic hydroxyl groups is 1. The van der Waals surface area contributed by atoms with Crippen molar-refractivity contribution in [3.05, 3.63) is 60.4 Å². The van der Waals surface area contributed by atoms with Gasteiger partial charge in [0.15, 0.2) is 5.82 Å². The van der Waals surface area contributed by atoms with Crippen LogP contribution in [0.25, 0.3) is 5.82 Å². The summed E-state index contributed by atoms with van der Waals surface area (Å²) in [6.07, 6.45) is 5.30. The SMILES string of the molecule is OCc1ccc(CNc2ccc(-n3cccn3)nc2)o1. The number of anilines is 1. The molecule has 2 N–H and O–H groups in total. The Morgan fingerprint density at radius 2 is 2.10 bits per heavy atom. The van der Waals surface area contributed by atoms with Gasteiger partial charge in [-0.3, -0.25) is 0 Å². The van der Waals surface area contributed by atoms with Gasteiger partial charge in [-0.05, 0) is 30.3 Å². The molecule has 0 unspecified atom stereocenters. The van der Waals surface area contributed by atoms with E-state index < -0.39 is 0 Å². The lowest BCUT2D eigenvalue weighted by molar-refractivity contribution is 0.244. The summed E-state index contributed by atoms with van der Waals surface area (Å²) >= 11 is 0. The molecule has 6 nitrogen and oxygen atoms in total. The Bertz CT molecular complexity index is 659. The molecule has 0 bridgehead atoms. The van der Waals surface area contributed by atoms with Crippen LogP contribution in [-0.4, -0.2) is 19.9 Å². The number of aliphatic hydroxyl groups excluding tert-OH is 1. The van der Waals surface area contributed by atoms with Crippen molar-refractivity contribution in [2.75, 3.05) is 5.32 Å². The molecule has 102 valence electrons. The summed E-state index contributed by atoms with van der Waals surface area (Å²) in [5.74, 6) is 2.10. The van der Waals surface area contributed by atoms with Crippen molar-refractivity contribution < 1.29 is 9.52 Å². The number of nitrogens with one attached hydrogen (secondary N) is 1. The largest absolute Gasteiger partial charge is 0.462 e. The zero-order chi connectivity index (χ0) is 13.8. The molecule has 0 aliphatic rings. The van der Waals surface area contributed by atoms with Crippen molar-refractivity contribution in [1.29, 1.82) is 0 Å². The second-order valence-corrected chi connectivity index (χ2v) is 4.24. The number of pyridine rings is 1. The zero-order valence-corrected chi connectivity index (χ0v) is 10.7. The molecule has 0 spiro atoms. The fourth-order valence-electron chi connectivity index (χ4n) is 1.82. The zero-order valence-electron chi connectivity index (χ0n) is 10.7. The molecule has 0 fully saturated rings. The lowest BCUT2D eigenvalue weighted by Gasteiger charge is -2.05. The Morgan fingerprint density at radius 1 is 1.20 bits per heavy atom. The van der Waals surface area contributed by atoms with Gasteiger partial charge in [0.25, 0.3) is 0 Å². The molecule has 0 aliphatic carbocycles. The predicted molar refractivity (Wildman–Crippen MR) is 73.3 cm³/mol. The molecule has 20 heavy (non-hydrogen) atoms. The summed E-state index contributed by atoms with van der Waals surface area (Å²) < 4.78 is 7.09. The van der Waals surface area contributed by atoms with Crippen LogP contribution < -0.4 is 5.32 Å². The van der Waals surface area contributed by atoms with Gasteiger partial charge in [0.05, 0.1) is 18.4 Å². The molecule has 0 saturated carbocycles. The molecule has 0 atom stereocenters. The van der Waals surface area contributed by atoms with E-state index >= 15 is 0 Å². The molecule has 0 saturated heterocycles. The first kappa shape index (κ1) is 12.4. The average Bonchev–Trinajstić information content (AvgIpc) is 3.17. The van der Waals surface area contributed by atoms with E-state index in [2.05, 4.69) is 15.4 Å². The fourth-order valence-corrected chi connectivity index (χ4v) is 1.82. The maximum Gasteiger partial charge on any atom is 0.153 e. The van der Waals surface area contributed by atoms with E-state index in [0.29, 0.717) is 12.3 Å². The normalized spacial score (nSPS) is 10.7. The first-order chi connectivity index (χ1) is 9.85. The second-order valence-electron chi connectivity index (χ2n) is 4.24. The molecule has 6 heteroatoms. The van der Waals surface area contributed by atoms with Crippen LogP contribution in [0.1, 0.15) is 11.5 Å². The Labute approximate surface area is 115 Å². The van der Waals surface area contributed by atoms with Crippen molar-refractivity contribution in [1.82, 2.24) is 14.8 Å². The van der Waals surface area contributed by atoms with Crippen molar-refractivity contribution in [2.45, 2.75) is 13.2 Å². The molecule has 0 amide bonds. The Balaban J connectivity index is 1.63. The van der Waals surface area contributed by atoms with Gasteiger partial charge in [-0.1, -0.05) is 0 Å². The summed E-state index contributed by atoms with van der Waals surface area (Å²) in [5, 5.41) is 16.2. The van der Waals surface area contributed by atoms with Gasteiger partial charge in [0.1, 0.15) is 18.1 Å². The molecule has 3 heterocycles. The van der Waals surface area contributed by atoms with Gasteiger partial charge in [0, 0.05) is 12.4 Å². The Morgan fingerprint density at radius 3 is 2.75 bits per heavy atom. The van der Waals surface area contributed by atoms with E-state index in [1.165, 1.54) is 0 Å². The third-order valence-electron chi connectivity index (χ3n) is 2.83. The van der Waals surface area contributed by atoms with Crippen molar-refractivity contribution in [3.63, 3.8) is 0 Å². The van der Waals surface area contributed by atoms with Gasteiger partial charge < -0.3 is 14.8 Å². The van der Waals surface area contributed by atoms with Crippen LogP contribution in [0.3, 0.4) is 0 Å². The highest BCUT2D eigenvalue weighted by Crippen LogP contribution is 2.12. The van der Waals surface area contributed by atoms with Gasteiger partial charge in [-0.2, -0.15) is 5.10 Å². The topological polar surface area (TPSA) is 76.1 Å². The molecular formula is C14H14N4O2. The Hall–Kier alpha value is -2.60. The summed E-state index contributed by atoms with van der Waals surface area (Å²) in [6, 6.07) is 9.26. The van der Waals surface area contributed by atoms with E-state index in [1.54, 1.807) is 23.1 Å². The van der Waals surface area contributed by atoms with Gasteiger partial charge in [0.2, 0.25) is 0 Å². The number of hydrogen-bond donors (Lipinski definition) is 2. The van der Waals surface area contributed by atoms with E-state index in [0.717, 1.165) is 17.3 Å². The van der Waals surface area contributed by atoms with Crippen LogP contribution in [0, 0.1) is 0 Å². The molecule has 0 aliphatic heterocycles. The monoisotopic (exact) mass is 270 g/mol. The highest BCUT2D eigenvalue weighted by molar-refractivity contribution is 5.43. The van der Waals surface area contributed by atoms with E-state index in [9.17, 15) is 0 Å². The molecule has 3 aromatic heterocycles.